The quantitative estimate of drug-likeness (QED) is 0.728. The van der Waals surface area contributed by atoms with Crippen molar-refractivity contribution in [1.82, 2.24) is 25.1 Å². The smallest absolute Gasteiger partial charge is 0.166 e. The third-order valence-electron chi connectivity index (χ3n) is 5.95. The molecule has 2 aliphatic heterocycles. The van der Waals surface area contributed by atoms with Gasteiger partial charge in [-0.1, -0.05) is 6.07 Å². The van der Waals surface area contributed by atoms with E-state index in [0.717, 1.165) is 36.6 Å². The van der Waals surface area contributed by atoms with Crippen molar-refractivity contribution in [3.63, 3.8) is 0 Å². The van der Waals surface area contributed by atoms with Gasteiger partial charge in [-0.2, -0.15) is 5.10 Å². The van der Waals surface area contributed by atoms with Crippen molar-refractivity contribution >= 4 is 5.82 Å². The molecule has 7 heteroatoms. The minimum atomic E-state index is -0.222. The van der Waals surface area contributed by atoms with Gasteiger partial charge < -0.3 is 15.8 Å². The molecule has 3 aromatic rings. The van der Waals surface area contributed by atoms with Crippen LogP contribution in [0.2, 0.25) is 0 Å². The molecule has 0 amide bonds. The number of hydrogen-bond donors (Lipinski definition) is 2. The summed E-state index contributed by atoms with van der Waals surface area (Å²) in [6, 6.07) is 9.91. The lowest BCUT2D eigenvalue weighted by Crippen LogP contribution is -2.25. The molecule has 1 fully saturated rings. The van der Waals surface area contributed by atoms with Crippen LogP contribution in [0.5, 0.6) is 5.75 Å². The maximum Gasteiger partial charge on any atom is 0.166 e. The van der Waals surface area contributed by atoms with Gasteiger partial charge in [-0.25, -0.2) is 4.98 Å². The first-order valence-corrected chi connectivity index (χ1v) is 9.77. The van der Waals surface area contributed by atoms with Crippen molar-refractivity contribution in [2.75, 3.05) is 18.8 Å². The molecule has 1 spiro atoms. The van der Waals surface area contributed by atoms with Crippen LogP contribution in [-0.2, 0) is 12.0 Å². The monoisotopic (exact) mass is 376 g/mol. The zero-order valence-corrected chi connectivity index (χ0v) is 15.9. The van der Waals surface area contributed by atoms with E-state index in [0.29, 0.717) is 11.6 Å². The van der Waals surface area contributed by atoms with Gasteiger partial charge in [0.05, 0.1) is 11.4 Å². The van der Waals surface area contributed by atoms with Crippen LogP contribution in [0.4, 0.5) is 5.82 Å². The number of rotatable bonds is 4. The molecule has 1 saturated heterocycles. The van der Waals surface area contributed by atoms with E-state index in [1.54, 1.807) is 12.4 Å². The summed E-state index contributed by atoms with van der Waals surface area (Å²) in [5.41, 5.74) is 10.3. The maximum atomic E-state index is 6.07. The lowest BCUT2D eigenvalue weighted by atomic mass is 9.82. The standard InChI is InChI=1S/C21H24N6O/c1-14(16-4-2-3-7-24-16)28-18-10-15(12-25-20(18)22)17-11-19-21(5-8-23-13-21)6-9-27(19)26-17/h2-4,7,10-12,14,23H,5-6,8-9,13H2,1H3,(H2,22,25)/t14-,21?/m0/s1. The van der Waals surface area contributed by atoms with Crippen molar-refractivity contribution in [2.24, 2.45) is 0 Å². The minimum absolute atomic E-state index is 0.222. The van der Waals surface area contributed by atoms with Crippen LogP contribution in [0.25, 0.3) is 11.3 Å². The zero-order valence-electron chi connectivity index (χ0n) is 15.9. The number of aromatic nitrogens is 4. The Morgan fingerprint density at radius 1 is 1.25 bits per heavy atom. The third-order valence-corrected chi connectivity index (χ3v) is 5.95. The number of fused-ring (bicyclic) bond motifs is 2. The first-order valence-electron chi connectivity index (χ1n) is 9.77. The highest BCUT2D eigenvalue weighted by atomic mass is 16.5. The van der Waals surface area contributed by atoms with Crippen LogP contribution >= 0.6 is 0 Å². The summed E-state index contributed by atoms with van der Waals surface area (Å²) in [5, 5.41) is 8.33. The lowest BCUT2D eigenvalue weighted by molar-refractivity contribution is 0.222. The Bertz CT molecular complexity index is 993. The highest BCUT2D eigenvalue weighted by molar-refractivity contribution is 5.64. The van der Waals surface area contributed by atoms with E-state index in [1.807, 2.05) is 31.2 Å². The van der Waals surface area contributed by atoms with Crippen LogP contribution < -0.4 is 15.8 Å². The second-order valence-corrected chi connectivity index (χ2v) is 7.72. The molecule has 2 aliphatic rings. The van der Waals surface area contributed by atoms with Gasteiger partial charge in [0.1, 0.15) is 6.10 Å². The van der Waals surface area contributed by atoms with Gasteiger partial charge in [0.25, 0.3) is 0 Å². The summed E-state index contributed by atoms with van der Waals surface area (Å²) in [4.78, 5) is 8.70. The second kappa shape index (κ2) is 6.60. The normalized spacial score (nSPS) is 21.8. The van der Waals surface area contributed by atoms with E-state index in [1.165, 1.54) is 18.5 Å². The number of nitrogen functional groups attached to an aromatic ring is 1. The summed E-state index contributed by atoms with van der Waals surface area (Å²) >= 11 is 0. The van der Waals surface area contributed by atoms with Gasteiger partial charge in [0.15, 0.2) is 11.6 Å². The van der Waals surface area contributed by atoms with Crippen LogP contribution in [0.1, 0.15) is 37.3 Å². The van der Waals surface area contributed by atoms with Gasteiger partial charge >= 0.3 is 0 Å². The Kier molecular flexibility index (Phi) is 4.05. The van der Waals surface area contributed by atoms with Gasteiger partial charge in [-0.3, -0.25) is 9.67 Å². The van der Waals surface area contributed by atoms with Crippen molar-refractivity contribution in [2.45, 2.75) is 37.8 Å². The highest BCUT2D eigenvalue weighted by Crippen LogP contribution is 2.41. The van der Waals surface area contributed by atoms with Crippen LogP contribution in [0, 0.1) is 0 Å². The minimum Gasteiger partial charge on any atom is -0.481 e. The van der Waals surface area contributed by atoms with Gasteiger partial charge in [0, 0.05) is 42.2 Å². The van der Waals surface area contributed by atoms with Crippen molar-refractivity contribution in [3.05, 3.63) is 54.1 Å². The molecule has 5 rings (SSSR count). The molecular weight excluding hydrogens is 352 g/mol. The average Bonchev–Trinajstić information content (AvgIpc) is 3.43. The van der Waals surface area contributed by atoms with Crippen LogP contribution in [0.3, 0.4) is 0 Å². The largest absolute Gasteiger partial charge is 0.481 e. The molecule has 0 bridgehead atoms. The molecule has 1 unspecified atom stereocenters. The van der Waals surface area contributed by atoms with Gasteiger partial charge in [-0.05, 0) is 50.6 Å². The van der Waals surface area contributed by atoms with E-state index in [2.05, 4.69) is 26.0 Å². The molecule has 3 N–H and O–H groups in total. The van der Waals surface area contributed by atoms with E-state index in [-0.39, 0.29) is 11.5 Å². The topological polar surface area (TPSA) is 90.9 Å². The number of hydrogen-bond acceptors (Lipinski definition) is 6. The summed E-state index contributed by atoms with van der Waals surface area (Å²) in [6.45, 7) is 5.04. The van der Waals surface area contributed by atoms with E-state index >= 15 is 0 Å². The Hall–Kier alpha value is -2.93. The summed E-state index contributed by atoms with van der Waals surface area (Å²) < 4.78 is 8.22. The van der Waals surface area contributed by atoms with Crippen LogP contribution in [-0.4, -0.2) is 32.8 Å². The molecule has 0 radical (unpaired) electrons. The molecule has 0 aromatic carbocycles. The summed E-state index contributed by atoms with van der Waals surface area (Å²) in [5.74, 6) is 0.927. The van der Waals surface area contributed by atoms with E-state index in [4.69, 9.17) is 15.6 Å². The Balaban J connectivity index is 1.44. The third kappa shape index (κ3) is 2.82. The number of pyridine rings is 2. The first-order chi connectivity index (χ1) is 13.6. The summed E-state index contributed by atoms with van der Waals surface area (Å²) in [7, 11) is 0. The van der Waals surface area contributed by atoms with E-state index < -0.39 is 0 Å². The fraction of sp³-hybridized carbons (Fsp3) is 0.381. The van der Waals surface area contributed by atoms with Crippen molar-refractivity contribution in [1.29, 1.82) is 0 Å². The predicted octanol–water partition coefficient (Wildman–Crippen LogP) is 2.70. The molecule has 0 saturated carbocycles. The van der Waals surface area contributed by atoms with Crippen LogP contribution in [0.15, 0.2) is 42.7 Å². The fourth-order valence-electron chi connectivity index (χ4n) is 4.34. The number of nitrogens with two attached hydrogens (primary N) is 1. The molecule has 2 atom stereocenters. The molecule has 7 nitrogen and oxygen atoms in total. The Morgan fingerprint density at radius 3 is 2.96 bits per heavy atom. The van der Waals surface area contributed by atoms with Crippen molar-refractivity contribution in [3.8, 4) is 17.0 Å². The Labute approximate surface area is 164 Å². The number of nitrogens with zero attached hydrogens (tertiary/aromatic N) is 4. The molecule has 0 aliphatic carbocycles. The molecule has 28 heavy (non-hydrogen) atoms. The second-order valence-electron chi connectivity index (χ2n) is 7.72. The molecular formula is C21H24N6O. The number of aryl methyl sites for hydroxylation is 1. The first kappa shape index (κ1) is 17.2. The predicted molar refractivity (Wildman–Crippen MR) is 107 cm³/mol. The number of anilines is 1. The molecule has 144 valence electrons. The number of nitrogens with one attached hydrogen (secondary N) is 1. The SMILES string of the molecule is C[C@H](Oc1cc(-c2cc3n(n2)CCC32CCNC2)cnc1N)c1ccccn1. The summed E-state index contributed by atoms with van der Waals surface area (Å²) in [6.07, 6.45) is 5.64. The Morgan fingerprint density at radius 2 is 2.18 bits per heavy atom. The van der Waals surface area contributed by atoms with Gasteiger partial charge in [0.2, 0.25) is 0 Å². The molecule has 3 aromatic heterocycles. The average molecular weight is 376 g/mol. The highest BCUT2D eigenvalue weighted by Gasteiger charge is 2.42. The zero-order chi connectivity index (χ0) is 19.1. The number of ether oxygens (including phenoxy) is 1. The molecule has 5 heterocycles. The maximum absolute atomic E-state index is 6.07. The van der Waals surface area contributed by atoms with E-state index in [9.17, 15) is 0 Å². The fourth-order valence-corrected chi connectivity index (χ4v) is 4.34. The van der Waals surface area contributed by atoms with Crippen molar-refractivity contribution < 1.29 is 4.74 Å². The van der Waals surface area contributed by atoms with Gasteiger partial charge in [-0.15, -0.1) is 0 Å². The lowest BCUT2D eigenvalue weighted by Gasteiger charge is -2.20.